The number of halogens is 2. The second kappa shape index (κ2) is 6.53. The molecule has 5 nitrogen and oxygen atoms in total. The zero-order chi connectivity index (χ0) is 17.4. The van der Waals surface area contributed by atoms with Gasteiger partial charge in [-0.25, -0.2) is 9.37 Å². The van der Waals surface area contributed by atoms with Crippen molar-refractivity contribution >= 4 is 11.6 Å². The number of nitrogens with one attached hydrogen (secondary N) is 1. The van der Waals surface area contributed by atoms with Crippen molar-refractivity contribution in [3.05, 3.63) is 56.0 Å². The summed E-state index contributed by atoms with van der Waals surface area (Å²) in [5, 5.41) is 9.39. The molecule has 2 heterocycles. The number of aromatic hydroxyl groups is 1. The summed E-state index contributed by atoms with van der Waals surface area (Å²) in [6.45, 7) is 5.60. The Labute approximate surface area is 144 Å². The van der Waals surface area contributed by atoms with E-state index in [9.17, 15) is 14.3 Å². The van der Waals surface area contributed by atoms with Gasteiger partial charge in [0.2, 0.25) is 0 Å². The third-order valence-electron chi connectivity index (χ3n) is 4.20. The number of phenolic OH excluding ortho intramolecular Hbond substituents is 1. The SMILES string of the molecule is CC(C)c1nc2c(c(=O)[nH]1)CN(Cc1cc(F)c(O)c(Cl)c1)CC2. The standard InChI is InChI=1S/C17H19ClFN3O2/c1-9(2)16-20-14-3-4-22(8-11(14)17(24)21-16)7-10-5-12(18)15(23)13(19)6-10/h5-6,9,23H,3-4,7-8H2,1-2H3,(H,20,21,24). The van der Waals surface area contributed by atoms with Crippen molar-refractivity contribution in [3.63, 3.8) is 0 Å². The van der Waals surface area contributed by atoms with E-state index in [2.05, 4.69) is 9.97 Å². The van der Waals surface area contributed by atoms with E-state index in [1.165, 1.54) is 6.07 Å². The Balaban J connectivity index is 1.82. The molecular formula is C17H19ClFN3O2. The highest BCUT2D eigenvalue weighted by molar-refractivity contribution is 6.32. The van der Waals surface area contributed by atoms with Crippen LogP contribution in [0.15, 0.2) is 16.9 Å². The lowest BCUT2D eigenvalue weighted by Gasteiger charge is -2.28. The van der Waals surface area contributed by atoms with Crippen LogP contribution in [0, 0.1) is 5.82 Å². The second-order valence-electron chi connectivity index (χ2n) is 6.40. The molecule has 24 heavy (non-hydrogen) atoms. The molecule has 0 spiro atoms. The fraction of sp³-hybridized carbons (Fsp3) is 0.412. The quantitative estimate of drug-likeness (QED) is 0.892. The molecule has 7 heteroatoms. The predicted octanol–water partition coefficient (Wildman–Crippen LogP) is 2.95. The molecule has 0 saturated heterocycles. The van der Waals surface area contributed by atoms with E-state index in [4.69, 9.17) is 11.6 Å². The van der Waals surface area contributed by atoms with Crippen LogP contribution in [0.1, 0.15) is 42.4 Å². The van der Waals surface area contributed by atoms with Crippen LogP contribution in [-0.2, 0) is 19.5 Å². The predicted molar refractivity (Wildman–Crippen MR) is 89.8 cm³/mol. The highest BCUT2D eigenvalue weighted by atomic mass is 35.5. The first-order valence-electron chi connectivity index (χ1n) is 7.86. The molecule has 1 aliphatic rings. The van der Waals surface area contributed by atoms with Gasteiger partial charge in [-0.2, -0.15) is 0 Å². The summed E-state index contributed by atoms with van der Waals surface area (Å²) in [6.07, 6.45) is 0.674. The first-order chi connectivity index (χ1) is 11.3. The number of benzene rings is 1. The minimum absolute atomic E-state index is 0.0106. The number of aromatic nitrogens is 2. The van der Waals surface area contributed by atoms with Crippen molar-refractivity contribution in [1.29, 1.82) is 0 Å². The third-order valence-corrected chi connectivity index (χ3v) is 4.48. The Bertz CT molecular complexity index is 812. The molecule has 0 aliphatic carbocycles. The molecule has 0 amide bonds. The third kappa shape index (κ3) is 3.30. The number of fused-ring (bicyclic) bond motifs is 1. The van der Waals surface area contributed by atoms with Gasteiger partial charge in [-0.1, -0.05) is 25.4 Å². The van der Waals surface area contributed by atoms with Crippen LogP contribution in [0.2, 0.25) is 5.02 Å². The zero-order valence-electron chi connectivity index (χ0n) is 13.6. The molecular weight excluding hydrogens is 333 g/mol. The van der Waals surface area contributed by atoms with Crippen molar-refractivity contribution in [2.24, 2.45) is 0 Å². The van der Waals surface area contributed by atoms with Crippen LogP contribution in [-0.4, -0.2) is 26.5 Å². The van der Waals surface area contributed by atoms with Crippen LogP contribution < -0.4 is 5.56 Å². The summed E-state index contributed by atoms with van der Waals surface area (Å²) in [4.78, 5) is 21.7. The summed E-state index contributed by atoms with van der Waals surface area (Å²) in [5.41, 5.74) is 2.05. The van der Waals surface area contributed by atoms with E-state index >= 15 is 0 Å². The molecule has 0 saturated carbocycles. The Morgan fingerprint density at radius 2 is 2.21 bits per heavy atom. The fourth-order valence-corrected chi connectivity index (χ4v) is 3.11. The number of phenols is 1. The van der Waals surface area contributed by atoms with Crippen LogP contribution in [0.3, 0.4) is 0 Å². The molecule has 3 rings (SSSR count). The lowest BCUT2D eigenvalue weighted by molar-refractivity contribution is 0.241. The molecule has 0 radical (unpaired) electrons. The smallest absolute Gasteiger partial charge is 0.255 e. The first kappa shape index (κ1) is 16.9. The highest BCUT2D eigenvalue weighted by Gasteiger charge is 2.22. The number of hydrogen-bond acceptors (Lipinski definition) is 4. The monoisotopic (exact) mass is 351 g/mol. The molecule has 0 fully saturated rings. The molecule has 1 aromatic carbocycles. The maximum absolute atomic E-state index is 13.6. The largest absolute Gasteiger partial charge is 0.504 e. The Morgan fingerprint density at radius 3 is 2.88 bits per heavy atom. The van der Waals surface area contributed by atoms with E-state index in [1.54, 1.807) is 6.07 Å². The fourth-order valence-electron chi connectivity index (χ4n) is 2.88. The van der Waals surface area contributed by atoms with E-state index in [0.717, 1.165) is 12.2 Å². The summed E-state index contributed by atoms with van der Waals surface area (Å²) in [5.74, 6) is -0.398. The van der Waals surface area contributed by atoms with Gasteiger partial charge in [0, 0.05) is 32.0 Å². The van der Waals surface area contributed by atoms with Gasteiger partial charge in [-0.3, -0.25) is 9.69 Å². The summed E-state index contributed by atoms with van der Waals surface area (Å²) in [7, 11) is 0. The van der Waals surface area contributed by atoms with Crippen LogP contribution >= 0.6 is 11.6 Å². The maximum Gasteiger partial charge on any atom is 0.255 e. The zero-order valence-corrected chi connectivity index (χ0v) is 14.3. The Kier molecular flexibility index (Phi) is 4.60. The van der Waals surface area contributed by atoms with Gasteiger partial charge < -0.3 is 10.1 Å². The van der Waals surface area contributed by atoms with E-state index in [0.29, 0.717) is 36.5 Å². The van der Waals surface area contributed by atoms with Gasteiger partial charge in [0.1, 0.15) is 5.82 Å². The number of aromatic amines is 1. The van der Waals surface area contributed by atoms with Gasteiger partial charge in [-0.05, 0) is 17.7 Å². The average Bonchev–Trinajstić information content (AvgIpc) is 2.52. The number of nitrogens with zero attached hydrogens (tertiary/aromatic N) is 2. The minimum Gasteiger partial charge on any atom is -0.504 e. The molecule has 128 valence electrons. The molecule has 2 N–H and O–H groups in total. The summed E-state index contributed by atoms with van der Waals surface area (Å²) >= 11 is 5.82. The molecule has 2 aromatic rings. The van der Waals surface area contributed by atoms with Gasteiger partial charge in [0.15, 0.2) is 11.6 Å². The van der Waals surface area contributed by atoms with Gasteiger partial charge in [-0.15, -0.1) is 0 Å². The van der Waals surface area contributed by atoms with E-state index < -0.39 is 11.6 Å². The van der Waals surface area contributed by atoms with Gasteiger partial charge >= 0.3 is 0 Å². The lowest BCUT2D eigenvalue weighted by Crippen LogP contribution is -2.36. The second-order valence-corrected chi connectivity index (χ2v) is 6.81. The average molecular weight is 352 g/mol. The summed E-state index contributed by atoms with van der Waals surface area (Å²) in [6, 6.07) is 2.81. The first-order valence-corrected chi connectivity index (χ1v) is 8.24. The highest BCUT2D eigenvalue weighted by Crippen LogP contribution is 2.28. The molecule has 0 bridgehead atoms. The topological polar surface area (TPSA) is 69.2 Å². The van der Waals surface area contributed by atoms with Crippen LogP contribution in [0.5, 0.6) is 5.75 Å². The van der Waals surface area contributed by atoms with Gasteiger partial charge in [0.25, 0.3) is 5.56 Å². The van der Waals surface area contributed by atoms with Crippen LogP contribution in [0.4, 0.5) is 4.39 Å². The van der Waals surface area contributed by atoms with Crippen LogP contribution in [0.25, 0.3) is 0 Å². The van der Waals surface area contributed by atoms with Crippen molar-refractivity contribution in [1.82, 2.24) is 14.9 Å². The van der Waals surface area contributed by atoms with Crippen molar-refractivity contribution in [3.8, 4) is 5.75 Å². The summed E-state index contributed by atoms with van der Waals surface area (Å²) < 4.78 is 13.6. The molecule has 0 unspecified atom stereocenters. The molecule has 0 atom stereocenters. The van der Waals surface area contributed by atoms with Gasteiger partial charge in [0.05, 0.1) is 16.3 Å². The van der Waals surface area contributed by atoms with E-state index in [-0.39, 0.29) is 16.5 Å². The maximum atomic E-state index is 13.6. The molecule has 1 aliphatic heterocycles. The van der Waals surface area contributed by atoms with E-state index in [1.807, 2.05) is 18.7 Å². The lowest BCUT2D eigenvalue weighted by atomic mass is 10.0. The Hall–Kier alpha value is -1.92. The molecule has 1 aromatic heterocycles. The van der Waals surface area contributed by atoms with Crippen molar-refractivity contribution in [2.75, 3.05) is 6.54 Å². The number of H-pyrrole nitrogens is 1. The minimum atomic E-state index is -0.740. The van der Waals surface area contributed by atoms with Crippen molar-refractivity contribution in [2.45, 2.75) is 39.3 Å². The number of hydrogen-bond donors (Lipinski definition) is 2. The Morgan fingerprint density at radius 1 is 1.46 bits per heavy atom. The number of rotatable bonds is 3. The normalized spacial score (nSPS) is 14.9. The van der Waals surface area contributed by atoms with Crippen molar-refractivity contribution < 1.29 is 9.50 Å².